The van der Waals surface area contributed by atoms with E-state index in [1.807, 2.05) is 12.1 Å². The number of rotatable bonds is 5. The Hall–Kier alpha value is -1.69. The third-order valence-electron chi connectivity index (χ3n) is 3.40. The second-order valence-electron chi connectivity index (χ2n) is 4.89. The van der Waals surface area contributed by atoms with Crippen molar-refractivity contribution in [2.24, 2.45) is 5.92 Å². The van der Waals surface area contributed by atoms with Crippen molar-refractivity contribution < 1.29 is 19.1 Å². The molecule has 1 aliphatic rings. The first-order chi connectivity index (χ1) is 10.1. The highest BCUT2D eigenvalue weighted by molar-refractivity contribution is 8.13. The molecule has 0 spiro atoms. The number of thioether (sulfide) groups is 1. The molecule has 0 saturated carbocycles. The molecule has 114 valence electrons. The van der Waals surface area contributed by atoms with Crippen LogP contribution in [0.4, 0.5) is 5.69 Å². The van der Waals surface area contributed by atoms with Crippen molar-refractivity contribution in [1.29, 1.82) is 0 Å². The van der Waals surface area contributed by atoms with E-state index < -0.39 is 0 Å². The zero-order chi connectivity index (χ0) is 15.4. The monoisotopic (exact) mass is 309 g/mol. The second-order valence-corrected chi connectivity index (χ2v) is 6.09. The first kappa shape index (κ1) is 15.7. The summed E-state index contributed by atoms with van der Waals surface area (Å²) in [5, 5.41) is 0.0832. The maximum Gasteiger partial charge on any atom is 0.227 e. The maximum atomic E-state index is 12.2. The Kier molecular flexibility index (Phi) is 5.12. The average molecular weight is 309 g/mol. The Bertz CT molecular complexity index is 546. The van der Waals surface area contributed by atoms with Crippen molar-refractivity contribution in [3.8, 4) is 11.5 Å². The highest BCUT2D eigenvalue weighted by atomic mass is 32.2. The topological polar surface area (TPSA) is 55.8 Å². The number of anilines is 1. The lowest BCUT2D eigenvalue weighted by Crippen LogP contribution is -2.25. The number of nitrogens with zero attached hydrogens (tertiary/aromatic N) is 1. The van der Waals surface area contributed by atoms with E-state index in [9.17, 15) is 9.59 Å². The zero-order valence-corrected chi connectivity index (χ0v) is 13.2. The molecule has 0 N–H and O–H groups in total. The van der Waals surface area contributed by atoms with Crippen molar-refractivity contribution in [2.45, 2.75) is 13.3 Å². The molecule has 1 atom stereocenters. The first-order valence-corrected chi connectivity index (χ1v) is 7.70. The lowest BCUT2D eigenvalue weighted by atomic mass is 10.1. The molecule has 0 aromatic heterocycles. The van der Waals surface area contributed by atoms with Crippen LogP contribution in [0.25, 0.3) is 0 Å². The van der Waals surface area contributed by atoms with Crippen LogP contribution in [0.5, 0.6) is 11.5 Å². The van der Waals surface area contributed by atoms with Crippen LogP contribution in [0.2, 0.25) is 0 Å². The summed E-state index contributed by atoms with van der Waals surface area (Å²) in [6, 6.07) is 5.48. The number of benzene rings is 1. The fourth-order valence-corrected chi connectivity index (χ4v) is 3.14. The SMILES string of the molecule is COc1cccc(N2CC(CSC(C)=O)CC2=O)c1OC. The number of carbonyl (C=O) groups excluding carboxylic acids is 2. The number of amides is 1. The van der Waals surface area contributed by atoms with E-state index in [2.05, 4.69) is 0 Å². The normalized spacial score (nSPS) is 18.0. The minimum absolute atomic E-state index is 0.0516. The molecule has 21 heavy (non-hydrogen) atoms. The fourth-order valence-electron chi connectivity index (χ4n) is 2.44. The Labute approximate surface area is 128 Å². The van der Waals surface area contributed by atoms with Gasteiger partial charge in [-0.1, -0.05) is 17.8 Å². The summed E-state index contributed by atoms with van der Waals surface area (Å²) in [7, 11) is 3.13. The third kappa shape index (κ3) is 3.50. The first-order valence-electron chi connectivity index (χ1n) is 6.71. The molecule has 1 amide bonds. The van der Waals surface area contributed by atoms with Gasteiger partial charge in [0.2, 0.25) is 5.91 Å². The van der Waals surface area contributed by atoms with Gasteiger partial charge >= 0.3 is 0 Å². The van der Waals surface area contributed by atoms with Crippen LogP contribution < -0.4 is 14.4 Å². The lowest BCUT2D eigenvalue weighted by Gasteiger charge is -2.21. The predicted octanol–water partition coefficient (Wildman–Crippen LogP) is 2.34. The van der Waals surface area contributed by atoms with Gasteiger partial charge in [-0.15, -0.1) is 0 Å². The van der Waals surface area contributed by atoms with Crippen LogP contribution in [0.15, 0.2) is 18.2 Å². The van der Waals surface area contributed by atoms with Gasteiger partial charge in [-0.2, -0.15) is 0 Å². The standard InChI is InChI=1S/C15H19NO4S/c1-10(17)21-9-11-7-14(18)16(8-11)12-5-4-6-13(19-2)15(12)20-3/h4-6,11H,7-9H2,1-3H3. The molecule has 1 aromatic carbocycles. The van der Waals surface area contributed by atoms with E-state index in [1.165, 1.54) is 11.8 Å². The molecule has 2 rings (SSSR count). The van der Waals surface area contributed by atoms with Gasteiger partial charge in [0, 0.05) is 25.6 Å². The molecule has 6 heteroatoms. The molecule has 0 aliphatic carbocycles. The average Bonchev–Trinajstić information content (AvgIpc) is 2.85. The van der Waals surface area contributed by atoms with E-state index >= 15 is 0 Å². The van der Waals surface area contributed by atoms with Crippen molar-refractivity contribution in [3.05, 3.63) is 18.2 Å². The second kappa shape index (κ2) is 6.85. The van der Waals surface area contributed by atoms with E-state index in [1.54, 1.807) is 32.1 Å². The van der Waals surface area contributed by atoms with Gasteiger partial charge in [0.05, 0.1) is 19.9 Å². The Morgan fingerprint density at radius 2 is 2.14 bits per heavy atom. The molecular weight excluding hydrogens is 290 g/mol. The smallest absolute Gasteiger partial charge is 0.227 e. The Morgan fingerprint density at radius 1 is 1.38 bits per heavy atom. The largest absolute Gasteiger partial charge is 0.493 e. The minimum atomic E-state index is 0.0516. The molecule has 1 fully saturated rings. The summed E-state index contributed by atoms with van der Waals surface area (Å²) in [6.07, 6.45) is 0.459. The van der Waals surface area contributed by atoms with Crippen molar-refractivity contribution >= 4 is 28.5 Å². The van der Waals surface area contributed by atoms with Crippen LogP contribution >= 0.6 is 11.8 Å². The van der Waals surface area contributed by atoms with Gasteiger partial charge in [-0.25, -0.2) is 0 Å². The van der Waals surface area contributed by atoms with Gasteiger partial charge in [-0.3, -0.25) is 9.59 Å². The van der Waals surface area contributed by atoms with E-state index in [-0.39, 0.29) is 16.9 Å². The summed E-state index contributed by atoms with van der Waals surface area (Å²) >= 11 is 1.27. The summed E-state index contributed by atoms with van der Waals surface area (Å²) in [5.74, 6) is 2.07. The highest BCUT2D eigenvalue weighted by Gasteiger charge is 2.32. The lowest BCUT2D eigenvalue weighted by molar-refractivity contribution is -0.117. The molecule has 1 saturated heterocycles. The van der Waals surface area contributed by atoms with E-state index in [0.717, 1.165) is 5.69 Å². The quantitative estimate of drug-likeness (QED) is 0.835. The maximum absolute atomic E-state index is 12.2. The van der Waals surface area contributed by atoms with Crippen LogP contribution in [-0.2, 0) is 9.59 Å². The van der Waals surface area contributed by atoms with E-state index in [0.29, 0.717) is 30.2 Å². The molecule has 1 unspecified atom stereocenters. The number of hydrogen-bond acceptors (Lipinski definition) is 5. The molecule has 5 nitrogen and oxygen atoms in total. The number of hydrogen-bond donors (Lipinski definition) is 0. The van der Waals surface area contributed by atoms with Gasteiger partial charge in [-0.05, 0) is 18.1 Å². The molecule has 0 bridgehead atoms. The zero-order valence-electron chi connectivity index (χ0n) is 12.4. The van der Waals surface area contributed by atoms with Gasteiger partial charge in [0.25, 0.3) is 0 Å². The molecule has 1 aromatic rings. The number of ether oxygens (including phenoxy) is 2. The summed E-state index contributed by atoms with van der Waals surface area (Å²) < 4.78 is 10.6. The number of carbonyl (C=O) groups is 2. The summed E-state index contributed by atoms with van der Waals surface area (Å²) in [5.41, 5.74) is 0.720. The van der Waals surface area contributed by atoms with Crippen molar-refractivity contribution in [3.63, 3.8) is 0 Å². The molecular formula is C15H19NO4S. The van der Waals surface area contributed by atoms with E-state index in [4.69, 9.17) is 9.47 Å². The van der Waals surface area contributed by atoms with Crippen molar-refractivity contribution in [1.82, 2.24) is 0 Å². The van der Waals surface area contributed by atoms with Crippen LogP contribution in [0.3, 0.4) is 0 Å². The molecule has 1 heterocycles. The molecule has 1 aliphatic heterocycles. The van der Waals surface area contributed by atoms with Crippen LogP contribution in [0.1, 0.15) is 13.3 Å². The summed E-state index contributed by atoms with van der Waals surface area (Å²) in [4.78, 5) is 25.0. The Balaban J connectivity index is 2.19. The summed E-state index contributed by atoms with van der Waals surface area (Å²) in [6.45, 7) is 2.15. The van der Waals surface area contributed by atoms with Crippen LogP contribution in [0, 0.1) is 5.92 Å². The van der Waals surface area contributed by atoms with Gasteiger partial charge in [0.15, 0.2) is 16.6 Å². The predicted molar refractivity (Wildman–Crippen MR) is 83.1 cm³/mol. The van der Waals surface area contributed by atoms with Gasteiger partial charge < -0.3 is 14.4 Å². The van der Waals surface area contributed by atoms with Crippen molar-refractivity contribution in [2.75, 3.05) is 31.4 Å². The highest BCUT2D eigenvalue weighted by Crippen LogP contribution is 2.40. The molecule has 0 radical (unpaired) electrons. The fraction of sp³-hybridized carbons (Fsp3) is 0.467. The Morgan fingerprint density at radius 3 is 2.76 bits per heavy atom. The minimum Gasteiger partial charge on any atom is -0.493 e. The van der Waals surface area contributed by atoms with Gasteiger partial charge in [0.1, 0.15) is 0 Å². The number of para-hydroxylation sites is 1. The van der Waals surface area contributed by atoms with Crippen LogP contribution in [-0.4, -0.2) is 37.5 Å². The number of methoxy groups -OCH3 is 2. The third-order valence-corrected chi connectivity index (χ3v) is 4.44.